The Labute approximate surface area is 89.9 Å². The number of sulfonamides is 1. The van der Waals surface area contributed by atoms with E-state index in [2.05, 4.69) is 4.74 Å². The predicted octanol–water partition coefficient (Wildman–Crippen LogP) is -0.808. The van der Waals surface area contributed by atoms with Crippen LogP contribution in [0.2, 0.25) is 0 Å². The molecular weight excluding hydrogens is 222 g/mol. The molecule has 0 aliphatic carbocycles. The van der Waals surface area contributed by atoms with Crippen molar-refractivity contribution in [1.29, 1.82) is 0 Å². The van der Waals surface area contributed by atoms with Gasteiger partial charge in [0.15, 0.2) is 0 Å². The zero-order valence-electron chi connectivity index (χ0n) is 9.13. The van der Waals surface area contributed by atoms with Gasteiger partial charge >= 0.3 is 5.97 Å². The van der Waals surface area contributed by atoms with Crippen molar-refractivity contribution < 1.29 is 23.1 Å². The Morgan fingerprint density at radius 1 is 1.53 bits per heavy atom. The zero-order chi connectivity index (χ0) is 12.1. The van der Waals surface area contributed by atoms with Crippen LogP contribution in [0.1, 0.15) is 13.3 Å². The van der Waals surface area contributed by atoms with Crippen molar-refractivity contribution >= 4 is 16.0 Å². The van der Waals surface area contributed by atoms with Gasteiger partial charge in [-0.25, -0.2) is 8.42 Å². The second-order valence-corrected chi connectivity index (χ2v) is 5.34. The van der Waals surface area contributed by atoms with E-state index in [1.54, 1.807) is 6.92 Å². The van der Waals surface area contributed by atoms with E-state index in [1.807, 2.05) is 0 Å². The highest BCUT2D eigenvalue weighted by atomic mass is 32.2. The second-order valence-electron chi connectivity index (χ2n) is 3.19. The van der Waals surface area contributed by atoms with Gasteiger partial charge in [0.2, 0.25) is 10.0 Å². The molecule has 0 fully saturated rings. The number of esters is 1. The molecule has 0 saturated heterocycles. The van der Waals surface area contributed by atoms with E-state index in [1.165, 1.54) is 14.2 Å². The van der Waals surface area contributed by atoms with Gasteiger partial charge in [-0.15, -0.1) is 0 Å². The maximum absolute atomic E-state index is 11.6. The summed E-state index contributed by atoms with van der Waals surface area (Å²) in [6, 6.07) is -0.493. The molecular formula is C8H17NO5S. The molecule has 0 amide bonds. The highest BCUT2D eigenvalue weighted by Crippen LogP contribution is 2.05. The van der Waals surface area contributed by atoms with Gasteiger partial charge in [-0.1, -0.05) is 0 Å². The van der Waals surface area contributed by atoms with Gasteiger partial charge in [-0.2, -0.15) is 4.31 Å². The summed E-state index contributed by atoms with van der Waals surface area (Å²) in [6.07, 6.45) is -0.179. The summed E-state index contributed by atoms with van der Waals surface area (Å²) in [5, 5.41) is 8.79. The van der Waals surface area contributed by atoms with Crippen molar-refractivity contribution in [2.75, 3.05) is 26.5 Å². The number of likely N-dealkylation sites (N-methyl/N-ethyl adjacent to an activating group) is 1. The summed E-state index contributed by atoms with van der Waals surface area (Å²) in [5.74, 6) is -0.871. The minimum atomic E-state index is -3.50. The van der Waals surface area contributed by atoms with E-state index in [-0.39, 0.29) is 18.8 Å². The van der Waals surface area contributed by atoms with Crippen LogP contribution in [0.4, 0.5) is 0 Å². The Kier molecular flexibility index (Phi) is 5.77. The van der Waals surface area contributed by atoms with Gasteiger partial charge in [0.1, 0.15) is 0 Å². The van der Waals surface area contributed by atoms with Gasteiger partial charge in [-0.3, -0.25) is 4.79 Å². The standard InChI is InChI=1S/C8H17NO5S/c1-7(6-10)9(2)15(12,13)5-4-8(11)14-3/h7,10H,4-6H2,1-3H3. The van der Waals surface area contributed by atoms with E-state index in [0.717, 1.165) is 4.31 Å². The van der Waals surface area contributed by atoms with Gasteiger partial charge in [-0.05, 0) is 6.92 Å². The van der Waals surface area contributed by atoms with Crippen LogP contribution in [0.25, 0.3) is 0 Å². The van der Waals surface area contributed by atoms with Crippen molar-refractivity contribution in [2.45, 2.75) is 19.4 Å². The molecule has 0 aromatic rings. The number of rotatable bonds is 6. The maximum Gasteiger partial charge on any atom is 0.306 e. The quantitative estimate of drug-likeness (QED) is 0.613. The summed E-state index contributed by atoms with van der Waals surface area (Å²) in [6.45, 7) is 1.32. The third kappa shape index (κ3) is 4.59. The van der Waals surface area contributed by atoms with E-state index >= 15 is 0 Å². The van der Waals surface area contributed by atoms with Crippen molar-refractivity contribution in [1.82, 2.24) is 4.31 Å². The van der Waals surface area contributed by atoms with Crippen LogP contribution < -0.4 is 0 Å². The molecule has 15 heavy (non-hydrogen) atoms. The Balaban J connectivity index is 4.36. The van der Waals surface area contributed by atoms with Crippen LogP contribution in [-0.2, 0) is 19.6 Å². The Hall–Kier alpha value is -0.660. The molecule has 0 heterocycles. The van der Waals surface area contributed by atoms with Crippen molar-refractivity contribution in [3.8, 4) is 0 Å². The summed E-state index contributed by atoms with van der Waals surface area (Å²) < 4.78 is 28.5. The summed E-state index contributed by atoms with van der Waals surface area (Å²) in [4.78, 5) is 10.8. The lowest BCUT2D eigenvalue weighted by Crippen LogP contribution is -2.39. The highest BCUT2D eigenvalue weighted by molar-refractivity contribution is 7.89. The first kappa shape index (κ1) is 14.3. The Morgan fingerprint density at radius 2 is 2.07 bits per heavy atom. The first-order chi connectivity index (χ1) is 6.85. The number of carbonyl (C=O) groups is 1. The normalized spacial score (nSPS) is 13.9. The molecule has 7 heteroatoms. The lowest BCUT2D eigenvalue weighted by atomic mass is 10.4. The number of hydrogen-bond donors (Lipinski definition) is 1. The molecule has 0 aliphatic heterocycles. The van der Waals surface area contributed by atoms with Gasteiger partial charge < -0.3 is 9.84 Å². The molecule has 1 atom stereocenters. The molecule has 0 aliphatic rings. The van der Waals surface area contributed by atoms with Crippen LogP contribution in [0.3, 0.4) is 0 Å². The fourth-order valence-corrected chi connectivity index (χ4v) is 2.18. The van der Waals surface area contributed by atoms with Crippen LogP contribution in [0, 0.1) is 0 Å². The third-order valence-electron chi connectivity index (χ3n) is 2.12. The molecule has 0 spiro atoms. The number of aliphatic hydroxyl groups excluding tert-OH is 1. The topological polar surface area (TPSA) is 83.9 Å². The summed E-state index contributed by atoms with van der Waals surface area (Å²) >= 11 is 0. The third-order valence-corrected chi connectivity index (χ3v) is 4.07. The highest BCUT2D eigenvalue weighted by Gasteiger charge is 2.23. The molecule has 0 aromatic heterocycles. The Morgan fingerprint density at radius 3 is 2.47 bits per heavy atom. The monoisotopic (exact) mass is 239 g/mol. The number of methoxy groups -OCH3 is 1. The average molecular weight is 239 g/mol. The van der Waals surface area contributed by atoms with Crippen molar-refractivity contribution in [2.24, 2.45) is 0 Å². The lowest BCUT2D eigenvalue weighted by molar-refractivity contribution is -0.140. The molecule has 0 radical (unpaired) electrons. The van der Waals surface area contributed by atoms with Crippen LogP contribution in [0.5, 0.6) is 0 Å². The molecule has 0 rings (SSSR count). The van der Waals surface area contributed by atoms with Crippen LogP contribution in [0.15, 0.2) is 0 Å². The van der Waals surface area contributed by atoms with Crippen LogP contribution in [-0.4, -0.2) is 56.4 Å². The lowest BCUT2D eigenvalue weighted by Gasteiger charge is -2.22. The fourth-order valence-electron chi connectivity index (χ4n) is 0.848. The smallest absolute Gasteiger partial charge is 0.306 e. The number of hydrogen-bond acceptors (Lipinski definition) is 5. The molecule has 90 valence electrons. The number of aliphatic hydroxyl groups is 1. The average Bonchev–Trinajstić information content (AvgIpc) is 2.23. The summed E-state index contributed by atoms with van der Waals surface area (Å²) in [7, 11) is -0.932. The van der Waals surface area contributed by atoms with Gasteiger partial charge in [0.05, 0.1) is 25.9 Å². The maximum atomic E-state index is 11.6. The molecule has 6 nitrogen and oxygen atoms in total. The number of nitrogens with zero attached hydrogens (tertiary/aromatic N) is 1. The Bertz CT molecular complexity index is 300. The van der Waals surface area contributed by atoms with E-state index in [9.17, 15) is 13.2 Å². The fraction of sp³-hybridized carbons (Fsp3) is 0.875. The largest absolute Gasteiger partial charge is 0.469 e. The SMILES string of the molecule is COC(=O)CCS(=O)(=O)N(C)C(C)CO. The van der Waals surface area contributed by atoms with Gasteiger partial charge in [0, 0.05) is 13.1 Å². The van der Waals surface area contributed by atoms with E-state index < -0.39 is 22.0 Å². The van der Waals surface area contributed by atoms with E-state index in [4.69, 9.17) is 5.11 Å². The second kappa shape index (κ2) is 6.04. The predicted molar refractivity (Wildman–Crippen MR) is 54.7 cm³/mol. The molecule has 0 saturated carbocycles. The van der Waals surface area contributed by atoms with Crippen molar-refractivity contribution in [3.63, 3.8) is 0 Å². The zero-order valence-corrected chi connectivity index (χ0v) is 9.95. The van der Waals surface area contributed by atoms with Gasteiger partial charge in [0.25, 0.3) is 0 Å². The van der Waals surface area contributed by atoms with Crippen molar-refractivity contribution in [3.05, 3.63) is 0 Å². The van der Waals surface area contributed by atoms with E-state index in [0.29, 0.717) is 0 Å². The molecule has 0 aromatic carbocycles. The molecule has 1 N–H and O–H groups in total. The first-order valence-electron chi connectivity index (χ1n) is 4.48. The number of carbonyl (C=O) groups excluding carboxylic acids is 1. The molecule has 1 unspecified atom stereocenters. The molecule has 0 bridgehead atoms. The summed E-state index contributed by atoms with van der Waals surface area (Å²) in [5.41, 5.74) is 0. The number of ether oxygens (including phenoxy) is 1. The first-order valence-corrected chi connectivity index (χ1v) is 6.09. The minimum Gasteiger partial charge on any atom is -0.469 e. The minimum absolute atomic E-state index is 0.179. The van der Waals surface area contributed by atoms with Crippen LogP contribution >= 0.6 is 0 Å².